The molecule has 2 fully saturated rings. The summed E-state index contributed by atoms with van der Waals surface area (Å²) in [5.74, 6) is 0. The van der Waals surface area contributed by atoms with Gasteiger partial charge in [-0.05, 0) is 12.7 Å². The number of rotatable bonds is 2. The molecule has 64 valence electrons. The predicted octanol–water partition coefficient (Wildman–Crippen LogP) is 0.823. The normalized spacial score (nSPS) is 34.1. The van der Waals surface area contributed by atoms with E-state index >= 15 is 0 Å². The zero-order chi connectivity index (χ0) is 7.68. The summed E-state index contributed by atoms with van der Waals surface area (Å²) in [5, 5.41) is 0.899. The maximum Gasteiger partial charge on any atom is 0.0622 e. The van der Waals surface area contributed by atoms with Crippen molar-refractivity contribution in [2.45, 2.75) is 17.7 Å². The van der Waals surface area contributed by atoms with Gasteiger partial charge in [0, 0.05) is 31.0 Å². The van der Waals surface area contributed by atoms with Crippen LogP contribution in [0.3, 0.4) is 0 Å². The van der Waals surface area contributed by atoms with E-state index in [0.717, 1.165) is 24.5 Å². The summed E-state index contributed by atoms with van der Waals surface area (Å²) in [6.07, 6.45) is 3.45. The second kappa shape index (κ2) is 3.33. The van der Waals surface area contributed by atoms with Crippen LogP contribution in [0.2, 0.25) is 0 Å². The molecule has 0 radical (unpaired) electrons. The van der Waals surface area contributed by atoms with E-state index in [4.69, 9.17) is 4.74 Å². The Balaban J connectivity index is 1.73. The molecule has 2 nitrogen and oxygen atoms in total. The number of hydrogen-bond donors (Lipinski definition) is 0. The van der Waals surface area contributed by atoms with Crippen molar-refractivity contribution in [3.8, 4) is 0 Å². The Hall–Kier alpha value is 0.270. The SMILES string of the molecule is CSC1CN(C2CCOC2)C1. The van der Waals surface area contributed by atoms with Gasteiger partial charge in [0.05, 0.1) is 6.61 Å². The minimum atomic E-state index is 0.749. The summed E-state index contributed by atoms with van der Waals surface area (Å²) in [7, 11) is 0. The molecule has 0 N–H and O–H groups in total. The van der Waals surface area contributed by atoms with E-state index in [1.54, 1.807) is 0 Å². The quantitative estimate of drug-likeness (QED) is 0.613. The number of hydrogen-bond acceptors (Lipinski definition) is 3. The minimum absolute atomic E-state index is 0.749. The van der Waals surface area contributed by atoms with Crippen LogP contribution in [0.15, 0.2) is 0 Å². The first-order valence-electron chi connectivity index (χ1n) is 4.24. The molecule has 0 bridgehead atoms. The molecule has 0 aromatic heterocycles. The van der Waals surface area contributed by atoms with Gasteiger partial charge in [0.2, 0.25) is 0 Å². The van der Waals surface area contributed by atoms with Gasteiger partial charge in [-0.3, -0.25) is 4.90 Å². The second-order valence-corrected chi connectivity index (χ2v) is 4.47. The van der Waals surface area contributed by atoms with Crippen LogP contribution in [-0.2, 0) is 4.74 Å². The van der Waals surface area contributed by atoms with Gasteiger partial charge < -0.3 is 4.74 Å². The fourth-order valence-electron chi connectivity index (χ4n) is 1.73. The lowest BCUT2D eigenvalue weighted by Crippen LogP contribution is -2.54. The highest BCUT2D eigenvalue weighted by molar-refractivity contribution is 7.99. The van der Waals surface area contributed by atoms with Crippen LogP contribution >= 0.6 is 11.8 Å². The van der Waals surface area contributed by atoms with Gasteiger partial charge in [-0.15, -0.1) is 0 Å². The molecular formula is C8H15NOS. The van der Waals surface area contributed by atoms with Crippen molar-refractivity contribution in [3.05, 3.63) is 0 Å². The van der Waals surface area contributed by atoms with Crippen molar-refractivity contribution in [1.82, 2.24) is 4.90 Å². The summed E-state index contributed by atoms with van der Waals surface area (Å²) in [5.41, 5.74) is 0. The van der Waals surface area contributed by atoms with Crippen LogP contribution in [0.1, 0.15) is 6.42 Å². The number of likely N-dealkylation sites (tertiary alicyclic amines) is 1. The Morgan fingerprint density at radius 2 is 2.27 bits per heavy atom. The lowest BCUT2D eigenvalue weighted by molar-refractivity contribution is 0.103. The highest BCUT2D eigenvalue weighted by Gasteiger charge is 2.33. The van der Waals surface area contributed by atoms with Gasteiger partial charge in [0.25, 0.3) is 0 Å². The number of thioether (sulfide) groups is 1. The Bertz CT molecular complexity index is 130. The highest BCUT2D eigenvalue weighted by atomic mass is 32.2. The molecular weight excluding hydrogens is 158 g/mol. The van der Waals surface area contributed by atoms with Crippen LogP contribution in [0.4, 0.5) is 0 Å². The molecule has 2 heterocycles. The molecule has 2 aliphatic rings. The van der Waals surface area contributed by atoms with Crippen LogP contribution in [0, 0.1) is 0 Å². The smallest absolute Gasteiger partial charge is 0.0622 e. The maximum atomic E-state index is 5.33. The molecule has 2 rings (SSSR count). The van der Waals surface area contributed by atoms with E-state index in [-0.39, 0.29) is 0 Å². The third-order valence-corrected chi connectivity index (χ3v) is 3.60. The first kappa shape index (κ1) is 7.90. The number of nitrogens with zero attached hydrogens (tertiary/aromatic N) is 1. The topological polar surface area (TPSA) is 12.5 Å². The molecule has 0 aliphatic carbocycles. The Morgan fingerprint density at radius 3 is 2.82 bits per heavy atom. The minimum Gasteiger partial charge on any atom is -0.380 e. The van der Waals surface area contributed by atoms with Gasteiger partial charge in [-0.1, -0.05) is 0 Å². The largest absolute Gasteiger partial charge is 0.380 e. The van der Waals surface area contributed by atoms with Gasteiger partial charge >= 0.3 is 0 Å². The Kier molecular flexibility index (Phi) is 2.39. The molecule has 0 aromatic carbocycles. The highest BCUT2D eigenvalue weighted by Crippen LogP contribution is 2.25. The van der Waals surface area contributed by atoms with Gasteiger partial charge in [0.15, 0.2) is 0 Å². The van der Waals surface area contributed by atoms with E-state index < -0.39 is 0 Å². The first-order valence-corrected chi connectivity index (χ1v) is 5.53. The summed E-state index contributed by atoms with van der Waals surface area (Å²) in [6.45, 7) is 4.52. The van der Waals surface area contributed by atoms with Crippen molar-refractivity contribution in [3.63, 3.8) is 0 Å². The molecule has 1 atom stereocenters. The predicted molar refractivity (Wildman–Crippen MR) is 48.1 cm³/mol. The zero-order valence-electron chi connectivity index (χ0n) is 6.95. The molecule has 2 saturated heterocycles. The molecule has 0 spiro atoms. The molecule has 2 aliphatic heterocycles. The van der Waals surface area contributed by atoms with E-state index in [2.05, 4.69) is 11.2 Å². The fourth-order valence-corrected chi connectivity index (χ4v) is 2.41. The van der Waals surface area contributed by atoms with Crippen LogP contribution in [-0.4, -0.2) is 48.8 Å². The van der Waals surface area contributed by atoms with Crippen LogP contribution < -0.4 is 0 Å². The second-order valence-electron chi connectivity index (χ2n) is 3.33. The average Bonchev–Trinajstić information content (AvgIpc) is 2.37. The van der Waals surface area contributed by atoms with Crippen molar-refractivity contribution in [2.24, 2.45) is 0 Å². The Labute approximate surface area is 72.3 Å². The van der Waals surface area contributed by atoms with Crippen molar-refractivity contribution in [1.29, 1.82) is 0 Å². The first-order chi connectivity index (χ1) is 5.40. The average molecular weight is 173 g/mol. The standard InChI is InChI=1S/C8H15NOS/c1-11-8-4-9(5-8)7-2-3-10-6-7/h7-8H,2-6H2,1H3. The van der Waals surface area contributed by atoms with Gasteiger partial charge in [0.1, 0.15) is 0 Å². The summed E-state index contributed by atoms with van der Waals surface area (Å²) >= 11 is 1.99. The maximum absolute atomic E-state index is 5.33. The lowest BCUT2D eigenvalue weighted by Gasteiger charge is -2.41. The molecule has 3 heteroatoms. The van der Waals surface area contributed by atoms with Crippen molar-refractivity contribution in [2.75, 3.05) is 32.6 Å². The molecule has 0 amide bonds. The number of ether oxygens (including phenoxy) is 1. The zero-order valence-corrected chi connectivity index (χ0v) is 7.77. The van der Waals surface area contributed by atoms with E-state index in [0.29, 0.717) is 0 Å². The van der Waals surface area contributed by atoms with Gasteiger partial charge in [-0.2, -0.15) is 11.8 Å². The molecule has 0 aromatic rings. The molecule has 11 heavy (non-hydrogen) atoms. The van der Waals surface area contributed by atoms with Crippen LogP contribution in [0.25, 0.3) is 0 Å². The van der Waals surface area contributed by atoms with E-state index in [1.807, 2.05) is 11.8 Å². The lowest BCUT2D eigenvalue weighted by atomic mass is 10.1. The summed E-state index contributed by atoms with van der Waals surface area (Å²) in [6, 6.07) is 0.749. The molecule has 1 unspecified atom stereocenters. The fraction of sp³-hybridized carbons (Fsp3) is 1.00. The monoisotopic (exact) mass is 173 g/mol. The van der Waals surface area contributed by atoms with Crippen molar-refractivity contribution >= 4 is 11.8 Å². The third-order valence-electron chi connectivity index (χ3n) is 2.63. The van der Waals surface area contributed by atoms with E-state index in [1.165, 1.54) is 19.5 Å². The molecule has 0 saturated carbocycles. The summed E-state index contributed by atoms with van der Waals surface area (Å²) < 4.78 is 5.33. The summed E-state index contributed by atoms with van der Waals surface area (Å²) in [4.78, 5) is 2.55. The van der Waals surface area contributed by atoms with Gasteiger partial charge in [-0.25, -0.2) is 0 Å². The Morgan fingerprint density at radius 1 is 1.45 bits per heavy atom. The van der Waals surface area contributed by atoms with Crippen LogP contribution in [0.5, 0.6) is 0 Å². The van der Waals surface area contributed by atoms with Crippen molar-refractivity contribution < 1.29 is 4.74 Å². The van der Waals surface area contributed by atoms with E-state index in [9.17, 15) is 0 Å². The third kappa shape index (κ3) is 1.55.